The number of thiazole rings is 1. The van der Waals surface area contributed by atoms with Crippen LogP contribution in [0, 0.1) is 6.92 Å². The fourth-order valence-corrected chi connectivity index (χ4v) is 2.84. The van der Waals surface area contributed by atoms with Gasteiger partial charge in [0.15, 0.2) is 12.6 Å². The van der Waals surface area contributed by atoms with Gasteiger partial charge in [-0.1, -0.05) is 0 Å². The van der Waals surface area contributed by atoms with Gasteiger partial charge in [0, 0.05) is 5.56 Å². The number of rotatable bonds is 5. The van der Waals surface area contributed by atoms with Crippen LogP contribution in [-0.4, -0.2) is 35.2 Å². The average Bonchev–Trinajstić information content (AvgIpc) is 2.89. The second-order valence-corrected chi connectivity index (χ2v) is 5.39. The third kappa shape index (κ3) is 2.89. The number of esters is 1. The summed E-state index contributed by atoms with van der Waals surface area (Å²) in [7, 11) is 0. The van der Waals surface area contributed by atoms with E-state index in [-0.39, 0.29) is 23.5 Å². The van der Waals surface area contributed by atoms with E-state index >= 15 is 0 Å². The fourth-order valence-electron chi connectivity index (χ4n) is 1.89. The molecule has 0 saturated heterocycles. The molecule has 22 heavy (non-hydrogen) atoms. The molecule has 0 aliphatic heterocycles. The maximum Gasteiger partial charge on any atom is 0.350 e. The van der Waals surface area contributed by atoms with Crippen molar-refractivity contribution < 1.29 is 24.2 Å². The van der Waals surface area contributed by atoms with Crippen molar-refractivity contribution in [1.82, 2.24) is 4.98 Å². The first-order valence-electron chi connectivity index (χ1n) is 6.44. The Balaban J connectivity index is 2.53. The van der Waals surface area contributed by atoms with Gasteiger partial charge in [-0.05, 0) is 26.0 Å². The van der Waals surface area contributed by atoms with E-state index in [1.165, 1.54) is 12.1 Å². The number of aldehydes is 2. The van der Waals surface area contributed by atoms with E-state index in [1.807, 2.05) is 0 Å². The number of hydrogen-bond acceptors (Lipinski definition) is 7. The van der Waals surface area contributed by atoms with Crippen LogP contribution < -0.4 is 0 Å². The first-order chi connectivity index (χ1) is 10.5. The second kappa shape index (κ2) is 6.48. The summed E-state index contributed by atoms with van der Waals surface area (Å²) in [4.78, 5) is 38.4. The summed E-state index contributed by atoms with van der Waals surface area (Å²) in [6.45, 7) is 3.64. The highest BCUT2D eigenvalue weighted by Gasteiger charge is 2.19. The Hall–Kier alpha value is -2.54. The van der Waals surface area contributed by atoms with Crippen molar-refractivity contribution >= 4 is 29.9 Å². The summed E-state index contributed by atoms with van der Waals surface area (Å²) in [6, 6.07) is 2.84. The SMILES string of the molecule is CCOC(=O)c1sc(-c2cc(C=O)c(O)c(C=O)c2)nc1C. The summed E-state index contributed by atoms with van der Waals surface area (Å²) < 4.78 is 4.95. The van der Waals surface area contributed by atoms with Crippen LogP contribution in [0.15, 0.2) is 12.1 Å². The van der Waals surface area contributed by atoms with Crippen molar-refractivity contribution in [3.8, 4) is 16.3 Å². The zero-order valence-electron chi connectivity index (χ0n) is 12.0. The van der Waals surface area contributed by atoms with Crippen LogP contribution in [0.1, 0.15) is 43.0 Å². The number of carbonyl (C=O) groups is 3. The Labute approximate surface area is 130 Å². The van der Waals surface area contributed by atoms with Gasteiger partial charge in [0.1, 0.15) is 15.6 Å². The normalized spacial score (nSPS) is 10.3. The van der Waals surface area contributed by atoms with Gasteiger partial charge in [-0.25, -0.2) is 9.78 Å². The first kappa shape index (κ1) is 15.8. The molecular formula is C15H13NO5S. The molecule has 1 aromatic carbocycles. The number of ether oxygens (including phenoxy) is 1. The topological polar surface area (TPSA) is 93.6 Å². The van der Waals surface area contributed by atoms with Crippen LogP contribution >= 0.6 is 11.3 Å². The lowest BCUT2D eigenvalue weighted by Gasteiger charge is -2.04. The Morgan fingerprint density at radius 1 is 1.32 bits per heavy atom. The summed E-state index contributed by atoms with van der Waals surface area (Å²) in [5.41, 5.74) is 0.966. The molecule has 0 amide bonds. The molecule has 0 aliphatic carbocycles. The molecule has 1 N–H and O–H groups in total. The molecule has 1 heterocycles. The van der Waals surface area contributed by atoms with Crippen LogP contribution in [-0.2, 0) is 4.74 Å². The zero-order chi connectivity index (χ0) is 16.3. The van der Waals surface area contributed by atoms with Crippen molar-refractivity contribution in [2.75, 3.05) is 6.61 Å². The predicted octanol–water partition coefficient (Wildman–Crippen LogP) is 2.63. The highest BCUT2D eigenvalue weighted by molar-refractivity contribution is 7.17. The maximum absolute atomic E-state index is 11.8. The number of benzene rings is 1. The predicted molar refractivity (Wildman–Crippen MR) is 80.7 cm³/mol. The van der Waals surface area contributed by atoms with E-state index in [0.717, 1.165) is 11.3 Å². The zero-order valence-corrected chi connectivity index (χ0v) is 12.8. The van der Waals surface area contributed by atoms with Crippen molar-refractivity contribution in [1.29, 1.82) is 0 Å². The van der Waals surface area contributed by atoms with E-state index in [0.29, 0.717) is 33.7 Å². The van der Waals surface area contributed by atoms with Crippen molar-refractivity contribution in [3.63, 3.8) is 0 Å². The number of phenolic OH excluding ortho intramolecular Hbond substituents is 1. The molecule has 6 nitrogen and oxygen atoms in total. The molecule has 0 fully saturated rings. The third-order valence-electron chi connectivity index (χ3n) is 2.93. The third-order valence-corrected chi connectivity index (χ3v) is 4.11. The average molecular weight is 319 g/mol. The van der Waals surface area contributed by atoms with Crippen LogP contribution in [0.25, 0.3) is 10.6 Å². The molecule has 1 aromatic heterocycles. The van der Waals surface area contributed by atoms with Gasteiger partial charge in [0.2, 0.25) is 0 Å². The number of aromatic nitrogens is 1. The molecule has 7 heteroatoms. The van der Waals surface area contributed by atoms with Crippen LogP contribution in [0.5, 0.6) is 5.75 Å². The summed E-state index contributed by atoms with van der Waals surface area (Å²) in [5.74, 6) is -0.832. The fraction of sp³-hybridized carbons (Fsp3) is 0.200. The number of hydrogen-bond donors (Lipinski definition) is 1. The quantitative estimate of drug-likeness (QED) is 0.672. The van der Waals surface area contributed by atoms with Crippen LogP contribution in [0.3, 0.4) is 0 Å². The summed E-state index contributed by atoms with van der Waals surface area (Å²) in [6.07, 6.45) is 0.914. The maximum atomic E-state index is 11.8. The number of phenols is 1. The smallest absolute Gasteiger partial charge is 0.350 e. The number of carbonyl (C=O) groups excluding carboxylic acids is 3. The summed E-state index contributed by atoms with van der Waals surface area (Å²) in [5, 5.41) is 10.2. The van der Waals surface area contributed by atoms with Gasteiger partial charge in [-0.3, -0.25) is 9.59 Å². The minimum absolute atomic E-state index is 0.00913. The molecule has 0 atom stereocenters. The Bertz CT molecular complexity index is 721. The van der Waals surface area contributed by atoms with E-state index in [1.54, 1.807) is 13.8 Å². The highest BCUT2D eigenvalue weighted by Crippen LogP contribution is 2.32. The van der Waals surface area contributed by atoms with E-state index in [4.69, 9.17) is 4.74 Å². The molecule has 0 spiro atoms. The molecule has 0 bridgehead atoms. The van der Waals surface area contributed by atoms with Crippen LogP contribution in [0.4, 0.5) is 0 Å². The summed E-state index contributed by atoms with van der Waals surface area (Å²) >= 11 is 1.11. The standard InChI is InChI=1S/C15H13NO5S/c1-3-21-15(20)13-8(2)16-14(22-13)9-4-10(6-17)12(19)11(5-9)7-18/h4-7,19H,3H2,1-2H3. The van der Waals surface area contributed by atoms with Gasteiger partial charge in [-0.2, -0.15) is 0 Å². The van der Waals surface area contributed by atoms with Crippen molar-refractivity contribution in [2.24, 2.45) is 0 Å². The molecule has 0 aliphatic rings. The molecule has 2 rings (SSSR count). The number of nitrogens with zero attached hydrogens (tertiary/aromatic N) is 1. The van der Waals surface area contributed by atoms with Crippen molar-refractivity contribution in [2.45, 2.75) is 13.8 Å². The van der Waals surface area contributed by atoms with Crippen molar-refractivity contribution in [3.05, 3.63) is 33.8 Å². The minimum Gasteiger partial charge on any atom is -0.506 e. The van der Waals surface area contributed by atoms with E-state index in [2.05, 4.69) is 4.98 Å². The Morgan fingerprint density at radius 2 is 1.91 bits per heavy atom. The van der Waals surface area contributed by atoms with Gasteiger partial charge < -0.3 is 9.84 Å². The molecular weight excluding hydrogens is 306 g/mol. The lowest BCUT2D eigenvalue weighted by molar-refractivity contribution is 0.0530. The largest absolute Gasteiger partial charge is 0.506 e. The van der Waals surface area contributed by atoms with E-state index < -0.39 is 5.97 Å². The highest BCUT2D eigenvalue weighted by atomic mass is 32.1. The second-order valence-electron chi connectivity index (χ2n) is 4.39. The van der Waals surface area contributed by atoms with E-state index in [9.17, 15) is 19.5 Å². The lowest BCUT2D eigenvalue weighted by Crippen LogP contribution is -2.03. The van der Waals surface area contributed by atoms with Gasteiger partial charge in [0.05, 0.1) is 23.4 Å². The number of aryl methyl sites for hydroxylation is 1. The Morgan fingerprint density at radius 3 is 2.41 bits per heavy atom. The van der Waals surface area contributed by atoms with Gasteiger partial charge in [-0.15, -0.1) is 11.3 Å². The molecule has 0 saturated carbocycles. The Kier molecular flexibility index (Phi) is 4.67. The van der Waals surface area contributed by atoms with Gasteiger partial charge >= 0.3 is 5.97 Å². The first-order valence-corrected chi connectivity index (χ1v) is 7.25. The lowest BCUT2D eigenvalue weighted by atomic mass is 10.1. The molecule has 0 unspecified atom stereocenters. The molecule has 0 radical (unpaired) electrons. The van der Waals surface area contributed by atoms with Crippen LogP contribution in [0.2, 0.25) is 0 Å². The van der Waals surface area contributed by atoms with Gasteiger partial charge in [0.25, 0.3) is 0 Å². The minimum atomic E-state index is -0.464. The molecule has 114 valence electrons. The molecule has 2 aromatic rings. The number of aromatic hydroxyl groups is 1. The monoisotopic (exact) mass is 319 g/mol.